The number of hydrogen-bond acceptors (Lipinski definition) is 4. The second-order valence-corrected chi connectivity index (χ2v) is 6.34. The molecule has 1 heterocycles. The van der Waals surface area contributed by atoms with Crippen LogP contribution in [0, 0.1) is 0 Å². The van der Waals surface area contributed by atoms with Gasteiger partial charge in [0.05, 0.1) is 17.7 Å². The first-order valence-electron chi connectivity index (χ1n) is 8.51. The summed E-state index contributed by atoms with van der Waals surface area (Å²) in [4.78, 5) is 38.4. The zero-order chi connectivity index (χ0) is 18.7. The summed E-state index contributed by atoms with van der Waals surface area (Å²) in [5, 5.41) is 5.91. The number of nitrogens with one attached hydrogen (secondary N) is 2. The molecule has 1 aliphatic rings. The molecule has 1 aliphatic heterocycles. The molecule has 134 valence electrons. The summed E-state index contributed by atoms with van der Waals surface area (Å²) >= 11 is 0. The van der Waals surface area contributed by atoms with Gasteiger partial charge in [0.15, 0.2) is 0 Å². The van der Waals surface area contributed by atoms with E-state index in [-0.39, 0.29) is 30.3 Å². The maximum absolute atomic E-state index is 12.5. The molecular weight excluding hydrogens is 330 g/mol. The van der Waals surface area contributed by atoms with Crippen molar-refractivity contribution in [2.45, 2.75) is 19.5 Å². The van der Waals surface area contributed by atoms with Gasteiger partial charge in [-0.2, -0.15) is 0 Å². The summed E-state index contributed by atoms with van der Waals surface area (Å²) in [6, 6.07) is 13.9. The summed E-state index contributed by atoms with van der Waals surface area (Å²) in [6.07, 6.45) is 0. The molecule has 3 amide bonds. The lowest BCUT2D eigenvalue weighted by molar-refractivity contribution is 0.0642. The van der Waals surface area contributed by atoms with E-state index in [0.29, 0.717) is 23.2 Å². The van der Waals surface area contributed by atoms with Crippen molar-refractivity contribution in [2.75, 3.05) is 13.6 Å². The number of fused-ring (bicyclic) bond motifs is 1. The van der Waals surface area contributed by atoms with E-state index in [1.165, 1.54) is 4.90 Å². The smallest absolute Gasteiger partial charge is 0.261 e. The van der Waals surface area contributed by atoms with Gasteiger partial charge in [-0.1, -0.05) is 24.3 Å². The standard InChI is InChI=1S/C20H21N3O3/c1-13(21-2)11-22-18(24)15-7-5-6-14(10-15)12-23-19(25)16-8-3-4-9-17(16)20(23)26/h3-10,13,21H,11-12H2,1-2H3,(H,22,24). The number of carbonyl (C=O) groups is 3. The van der Waals surface area contributed by atoms with E-state index in [0.717, 1.165) is 5.56 Å². The summed E-state index contributed by atoms with van der Waals surface area (Å²) in [5.74, 6) is -0.789. The lowest BCUT2D eigenvalue weighted by Crippen LogP contribution is -2.37. The lowest BCUT2D eigenvalue weighted by Gasteiger charge is -2.15. The molecule has 0 bridgehead atoms. The predicted molar refractivity (Wildman–Crippen MR) is 97.9 cm³/mol. The number of amides is 3. The van der Waals surface area contributed by atoms with Crippen molar-refractivity contribution in [2.24, 2.45) is 0 Å². The van der Waals surface area contributed by atoms with Gasteiger partial charge in [-0.25, -0.2) is 0 Å². The van der Waals surface area contributed by atoms with Gasteiger partial charge in [0, 0.05) is 18.2 Å². The highest BCUT2D eigenvalue weighted by Gasteiger charge is 2.34. The Labute approximate surface area is 152 Å². The first-order chi connectivity index (χ1) is 12.5. The van der Waals surface area contributed by atoms with E-state index in [1.807, 2.05) is 14.0 Å². The molecule has 0 saturated carbocycles. The minimum atomic E-state index is -0.303. The molecular formula is C20H21N3O3. The number of rotatable bonds is 6. The molecule has 3 rings (SSSR count). The molecule has 0 aliphatic carbocycles. The van der Waals surface area contributed by atoms with Crippen molar-refractivity contribution in [1.29, 1.82) is 0 Å². The minimum Gasteiger partial charge on any atom is -0.350 e. The third-order valence-corrected chi connectivity index (χ3v) is 4.47. The molecule has 0 radical (unpaired) electrons. The van der Waals surface area contributed by atoms with Crippen LogP contribution in [-0.2, 0) is 6.54 Å². The van der Waals surface area contributed by atoms with E-state index >= 15 is 0 Å². The predicted octanol–water partition coefficient (Wildman–Crippen LogP) is 1.82. The normalized spacial score (nSPS) is 14.3. The van der Waals surface area contributed by atoms with E-state index in [1.54, 1.807) is 48.5 Å². The number of likely N-dealkylation sites (N-methyl/N-ethyl adjacent to an activating group) is 1. The molecule has 2 aromatic rings. The molecule has 0 fully saturated rings. The van der Waals surface area contributed by atoms with Crippen LogP contribution >= 0.6 is 0 Å². The van der Waals surface area contributed by atoms with Crippen molar-refractivity contribution < 1.29 is 14.4 Å². The van der Waals surface area contributed by atoms with Crippen LogP contribution in [0.5, 0.6) is 0 Å². The zero-order valence-electron chi connectivity index (χ0n) is 14.8. The SMILES string of the molecule is CNC(C)CNC(=O)c1cccc(CN2C(=O)c3ccccc3C2=O)c1. The van der Waals surface area contributed by atoms with Crippen LogP contribution in [0.25, 0.3) is 0 Å². The van der Waals surface area contributed by atoms with E-state index in [4.69, 9.17) is 0 Å². The summed E-state index contributed by atoms with van der Waals surface area (Å²) in [5.41, 5.74) is 2.08. The van der Waals surface area contributed by atoms with Gasteiger partial charge >= 0.3 is 0 Å². The quantitative estimate of drug-likeness (QED) is 0.778. The Kier molecular flexibility index (Phi) is 5.14. The van der Waals surface area contributed by atoms with E-state index in [9.17, 15) is 14.4 Å². The van der Waals surface area contributed by atoms with Gasteiger partial charge < -0.3 is 10.6 Å². The number of carbonyl (C=O) groups excluding carboxylic acids is 3. The molecule has 1 atom stereocenters. The fourth-order valence-corrected chi connectivity index (χ4v) is 2.83. The van der Waals surface area contributed by atoms with Gasteiger partial charge in [-0.05, 0) is 43.8 Å². The van der Waals surface area contributed by atoms with Crippen LogP contribution in [0.4, 0.5) is 0 Å². The van der Waals surface area contributed by atoms with Gasteiger partial charge in [-0.3, -0.25) is 19.3 Å². The van der Waals surface area contributed by atoms with Gasteiger partial charge in [0.25, 0.3) is 17.7 Å². The Hall–Kier alpha value is -2.99. The molecule has 6 heteroatoms. The average molecular weight is 351 g/mol. The van der Waals surface area contributed by atoms with Gasteiger partial charge in [0.2, 0.25) is 0 Å². The lowest BCUT2D eigenvalue weighted by atomic mass is 10.1. The van der Waals surface area contributed by atoms with Gasteiger partial charge in [0.1, 0.15) is 0 Å². The highest BCUT2D eigenvalue weighted by molar-refractivity contribution is 6.21. The van der Waals surface area contributed by atoms with Crippen LogP contribution in [0.15, 0.2) is 48.5 Å². The Morgan fingerprint density at radius 3 is 2.31 bits per heavy atom. The van der Waals surface area contributed by atoms with Gasteiger partial charge in [-0.15, -0.1) is 0 Å². The van der Waals surface area contributed by atoms with E-state index < -0.39 is 0 Å². The third-order valence-electron chi connectivity index (χ3n) is 4.47. The first kappa shape index (κ1) is 17.8. The zero-order valence-corrected chi connectivity index (χ0v) is 14.8. The van der Waals surface area contributed by atoms with E-state index in [2.05, 4.69) is 10.6 Å². The maximum Gasteiger partial charge on any atom is 0.261 e. The highest BCUT2D eigenvalue weighted by Crippen LogP contribution is 2.24. The molecule has 2 N–H and O–H groups in total. The Balaban J connectivity index is 1.73. The number of nitrogens with zero attached hydrogens (tertiary/aromatic N) is 1. The number of imide groups is 1. The second kappa shape index (κ2) is 7.49. The molecule has 0 saturated heterocycles. The van der Waals surface area contributed by atoms with Crippen LogP contribution in [0.2, 0.25) is 0 Å². The Morgan fingerprint density at radius 1 is 1.04 bits per heavy atom. The van der Waals surface area contributed by atoms with Crippen molar-refractivity contribution in [1.82, 2.24) is 15.5 Å². The average Bonchev–Trinajstić information content (AvgIpc) is 2.91. The highest BCUT2D eigenvalue weighted by atomic mass is 16.2. The van der Waals surface area contributed by atoms with Crippen molar-refractivity contribution in [3.63, 3.8) is 0 Å². The molecule has 0 aromatic heterocycles. The molecule has 26 heavy (non-hydrogen) atoms. The number of benzene rings is 2. The second-order valence-electron chi connectivity index (χ2n) is 6.34. The summed E-state index contributed by atoms with van der Waals surface area (Å²) in [6.45, 7) is 2.62. The minimum absolute atomic E-state index is 0.139. The van der Waals surface area contributed by atoms with Crippen LogP contribution in [0.3, 0.4) is 0 Å². The fourth-order valence-electron chi connectivity index (χ4n) is 2.83. The Bertz CT molecular complexity index is 828. The molecule has 0 spiro atoms. The maximum atomic E-state index is 12.5. The topological polar surface area (TPSA) is 78.5 Å². The molecule has 1 unspecified atom stereocenters. The van der Waals surface area contributed by atoms with Crippen LogP contribution in [-0.4, -0.2) is 42.3 Å². The largest absolute Gasteiger partial charge is 0.350 e. The Morgan fingerprint density at radius 2 is 1.69 bits per heavy atom. The monoisotopic (exact) mass is 351 g/mol. The summed E-state index contributed by atoms with van der Waals surface area (Å²) in [7, 11) is 1.83. The molecule has 2 aromatic carbocycles. The summed E-state index contributed by atoms with van der Waals surface area (Å²) < 4.78 is 0. The third kappa shape index (κ3) is 3.50. The van der Waals surface area contributed by atoms with Crippen LogP contribution < -0.4 is 10.6 Å². The van der Waals surface area contributed by atoms with Crippen molar-refractivity contribution >= 4 is 17.7 Å². The molecule has 6 nitrogen and oxygen atoms in total. The van der Waals surface area contributed by atoms with Crippen molar-refractivity contribution in [3.05, 3.63) is 70.8 Å². The van der Waals surface area contributed by atoms with Crippen LogP contribution in [0.1, 0.15) is 43.6 Å². The van der Waals surface area contributed by atoms with Crippen molar-refractivity contribution in [3.8, 4) is 0 Å². The first-order valence-corrected chi connectivity index (χ1v) is 8.51. The fraction of sp³-hybridized carbons (Fsp3) is 0.250. The number of hydrogen-bond donors (Lipinski definition) is 2.